The van der Waals surface area contributed by atoms with Gasteiger partial charge >= 0.3 is 0 Å². The molecular formula is C20H30N2O2. The lowest BCUT2D eigenvalue weighted by Crippen LogP contribution is -2.58. The number of hydrogen-bond acceptors (Lipinski definition) is 3. The van der Waals surface area contributed by atoms with Crippen LogP contribution in [0.25, 0.3) is 0 Å². The number of hydrogen-bond donors (Lipinski definition) is 0. The summed E-state index contributed by atoms with van der Waals surface area (Å²) in [7, 11) is 0. The van der Waals surface area contributed by atoms with Crippen LogP contribution in [0.1, 0.15) is 32.8 Å². The van der Waals surface area contributed by atoms with Crippen LogP contribution in [0, 0.1) is 0 Å². The van der Waals surface area contributed by atoms with Gasteiger partial charge in [0, 0.05) is 31.2 Å². The Morgan fingerprint density at radius 1 is 1.21 bits per heavy atom. The SMILES string of the molecule is CCO/C=C/C(=O)N1CCN(CCCc2ccccc2)[C@H](C)[C@@H]1C. The van der Waals surface area contributed by atoms with Gasteiger partial charge in [-0.25, -0.2) is 0 Å². The Balaban J connectivity index is 1.81. The molecule has 1 aliphatic rings. The normalized spacial score (nSPS) is 22.0. The highest BCUT2D eigenvalue weighted by atomic mass is 16.5. The minimum atomic E-state index is 0.0479. The maximum atomic E-state index is 12.3. The molecule has 0 bridgehead atoms. The molecule has 1 saturated heterocycles. The van der Waals surface area contributed by atoms with E-state index in [9.17, 15) is 4.79 Å². The van der Waals surface area contributed by atoms with Gasteiger partial charge in [0.25, 0.3) is 0 Å². The second-order valence-corrected chi connectivity index (χ2v) is 6.40. The Labute approximate surface area is 146 Å². The van der Waals surface area contributed by atoms with Crippen molar-refractivity contribution < 1.29 is 9.53 Å². The smallest absolute Gasteiger partial charge is 0.249 e. The lowest BCUT2D eigenvalue weighted by atomic mass is 10.0. The zero-order valence-electron chi connectivity index (χ0n) is 15.1. The Hall–Kier alpha value is -1.81. The maximum Gasteiger partial charge on any atom is 0.249 e. The fourth-order valence-corrected chi connectivity index (χ4v) is 3.26. The van der Waals surface area contributed by atoms with E-state index in [-0.39, 0.29) is 11.9 Å². The molecule has 4 nitrogen and oxygen atoms in total. The standard InChI is InChI=1S/C20H30N2O2/c1-4-24-16-12-20(23)22-15-14-21(17(2)18(22)3)13-8-11-19-9-6-5-7-10-19/h5-7,9-10,12,16-18H,4,8,11,13-15H2,1-3H3/b16-12+/t17-,18+/m1/s1. The highest BCUT2D eigenvalue weighted by molar-refractivity contribution is 5.87. The van der Waals surface area contributed by atoms with Crippen molar-refractivity contribution in [2.75, 3.05) is 26.2 Å². The van der Waals surface area contributed by atoms with Crippen LogP contribution in [0.15, 0.2) is 42.7 Å². The van der Waals surface area contributed by atoms with Gasteiger partial charge in [-0.1, -0.05) is 30.3 Å². The number of rotatable bonds is 7. The molecule has 0 radical (unpaired) electrons. The first-order valence-electron chi connectivity index (χ1n) is 9.00. The van der Waals surface area contributed by atoms with Crippen LogP contribution in [0.4, 0.5) is 0 Å². The molecule has 1 fully saturated rings. The summed E-state index contributed by atoms with van der Waals surface area (Å²) in [5, 5.41) is 0. The van der Waals surface area contributed by atoms with Gasteiger partial charge in [0.1, 0.15) is 0 Å². The summed E-state index contributed by atoms with van der Waals surface area (Å²) in [6.45, 7) is 9.66. The van der Waals surface area contributed by atoms with E-state index in [1.807, 2.05) is 11.8 Å². The van der Waals surface area contributed by atoms with Crippen LogP contribution in [-0.2, 0) is 16.0 Å². The highest BCUT2D eigenvalue weighted by Gasteiger charge is 2.32. The molecule has 0 N–H and O–H groups in total. The van der Waals surface area contributed by atoms with Crippen LogP contribution < -0.4 is 0 Å². The molecule has 1 amide bonds. The monoisotopic (exact) mass is 330 g/mol. The third-order valence-corrected chi connectivity index (χ3v) is 4.90. The molecule has 2 rings (SSSR count). The lowest BCUT2D eigenvalue weighted by Gasteiger charge is -2.44. The van der Waals surface area contributed by atoms with Gasteiger partial charge in [-0.2, -0.15) is 0 Å². The molecule has 0 spiro atoms. The van der Waals surface area contributed by atoms with E-state index in [0.29, 0.717) is 12.6 Å². The number of ether oxygens (including phenoxy) is 1. The Morgan fingerprint density at radius 3 is 2.67 bits per heavy atom. The largest absolute Gasteiger partial charge is 0.501 e. The molecule has 2 atom stereocenters. The van der Waals surface area contributed by atoms with E-state index in [1.165, 1.54) is 17.9 Å². The van der Waals surface area contributed by atoms with Gasteiger partial charge in [-0.05, 0) is 45.7 Å². The molecule has 0 unspecified atom stereocenters. The first-order chi connectivity index (χ1) is 11.6. The van der Waals surface area contributed by atoms with Crippen LogP contribution in [-0.4, -0.2) is 54.0 Å². The van der Waals surface area contributed by atoms with Crippen molar-refractivity contribution in [3.8, 4) is 0 Å². The van der Waals surface area contributed by atoms with Gasteiger partial charge in [-0.3, -0.25) is 9.69 Å². The second kappa shape index (κ2) is 9.48. The average molecular weight is 330 g/mol. The number of nitrogens with zero attached hydrogens (tertiary/aromatic N) is 2. The van der Waals surface area contributed by atoms with E-state index in [1.54, 1.807) is 0 Å². The van der Waals surface area contributed by atoms with Gasteiger partial charge in [0.05, 0.1) is 12.9 Å². The first kappa shape index (κ1) is 18.5. The number of amides is 1. The highest BCUT2D eigenvalue weighted by Crippen LogP contribution is 2.18. The summed E-state index contributed by atoms with van der Waals surface area (Å²) in [5.41, 5.74) is 1.40. The minimum Gasteiger partial charge on any atom is -0.501 e. The molecule has 1 heterocycles. The molecule has 132 valence electrons. The van der Waals surface area contributed by atoms with Gasteiger partial charge < -0.3 is 9.64 Å². The quantitative estimate of drug-likeness (QED) is 0.569. The van der Waals surface area contributed by atoms with Crippen LogP contribution >= 0.6 is 0 Å². The summed E-state index contributed by atoms with van der Waals surface area (Å²) in [5.74, 6) is 0.0479. The third-order valence-electron chi connectivity index (χ3n) is 4.90. The van der Waals surface area contributed by atoms with Crippen molar-refractivity contribution >= 4 is 5.91 Å². The van der Waals surface area contributed by atoms with E-state index >= 15 is 0 Å². The number of carbonyl (C=O) groups excluding carboxylic acids is 1. The van der Waals surface area contributed by atoms with Crippen molar-refractivity contribution in [1.82, 2.24) is 9.80 Å². The molecule has 1 aromatic rings. The molecule has 0 aliphatic carbocycles. The second-order valence-electron chi connectivity index (χ2n) is 6.40. The van der Waals surface area contributed by atoms with Gasteiger partial charge in [0.2, 0.25) is 5.91 Å². The Morgan fingerprint density at radius 2 is 1.96 bits per heavy atom. The first-order valence-corrected chi connectivity index (χ1v) is 9.00. The zero-order chi connectivity index (χ0) is 17.4. The van der Waals surface area contributed by atoms with E-state index < -0.39 is 0 Å². The Kier molecular flexibility index (Phi) is 7.32. The van der Waals surface area contributed by atoms with Crippen LogP contribution in [0.3, 0.4) is 0 Å². The van der Waals surface area contributed by atoms with Crippen molar-refractivity contribution in [3.63, 3.8) is 0 Å². The van der Waals surface area contributed by atoms with Crippen molar-refractivity contribution in [3.05, 3.63) is 48.2 Å². The Bertz CT molecular complexity index is 530. The minimum absolute atomic E-state index is 0.0479. The van der Waals surface area contributed by atoms with E-state index in [2.05, 4.69) is 49.1 Å². The number of aryl methyl sites for hydroxylation is 1. The third kappa shape index (κ3) is 5.10. The summed E-state index contributed by atoms with van der Waals surface area (Å²) in [6.07, 6.45) is 5.31. The van der Waals surface area contributed by atoms with Crippen molar-refractivity contribution in [1.29, 1.82) is 0 Å². The summed E-state index contributed by atoms with van der Waals surface area (Å²) < 4.78 is 5.13. The molecule has 0 aromatic heterocycles. The predicted octanol–water partition coefficient (Wildman–Crippen LogP) is 3.09. The molecule has 1 aliphatic heterocycles. The fraction of sp³-hybridized carbons (Fsp3) is 0.550. The van der Waals surface area contributed by atoms with Crippen molar-refractivity contribution in [2.24, 2.45) is 0 Å². The topological polar surface area (TPSA) is 32.8 Å². The zero-order valence-corrected chi connectivity index (χ0v) is 15.1. The van der Waals surface area contributed by atoms with Crippen molar-refractivity contribution in [2.45, 2.75) is 45.7 Å². The number of benzene rings is 1. The summed E-state index contributed by atoms with van der Waals surface area (Å²) in [4.78, 5) is 16.7. The number of piperazine rings is 1. The molecule has 1 aromatic carbocycles. The number of carbonyl (C=O) groups is 1. The predicted molar refractivity (Wildman–Crippen MR) is 97.7 cm³/mol. The van der Waals surface area contributed by atoms with Crippen LogP contribution in [0.2, 0.25) is 0 Å². The van der Waals surface area contributed by atoms with Crippen LogP contribution in [0.5, 0.6) is 0 Å². The molecule has 4 heteroatoms. The maximum absolute atomic E-state index is 12.3. The van der Waals surface area contributed by atoms with E-state index in [4.69, 9.17) is 4.74 Å². The lowest BCUT2D eigenvalue weighted by molar-refractivity contribution is -0.132. The molecule has 24 heavy (non-hydrogen) atoms. The van der Waals surface area contributed by atoms with Gasteiger partial charge in [-0.15, -0.1) is 0 Å². The summed E-state index contributed by atoms with van der Waals surface area (Å²) in [6, 6.07) is 11.2. The molecular weight excluding hydrogens is 300 g/mol. The summed E-state index contributed by atoms with van der Waals surface area (Å²) >= 11 is 0. The average Bonchev–Trinajstić information content (AvgIpc) is 2.60. The van der Waals surface area contributed by atoms with Gasteiger partial charge in [0.15, 0.2) is 0 Å². The van der Waals surface area contributed by atoms with E-state index in [0.717, 1.165) is 32.5 Å². The fourth-order valence-electron chi connectivity index (χ4n) is 3.26. The molecule has 0 saturated carbocycles.